The number of hydrogen-bond donors (Lipinski definition) is 0. The summed E-state index contributed by atoms with van der Waals surface area (Å²) in [5, 5.41) is 13.6. The van der Waals surface area contributed by atoms with Crippen molar-refractivity contribution < 1.29 is 0 Å². The molecule has 8 aromatic carbocycles. The Hall–Kier alpha value is -6.82. The highest BCUT2D eigenvalue weighted by molar-refractivity contribution is 7.26. The van der Waals surface area contributed by atoms with Gasteiger partial charge in [-0.15, -0.1) is 11.3 Å². The van der Waals surface area contributed by atoms with E-state index in [9.17, 15) is 0 Å². The normalized spacial score (nSPS) is 12.5. The molecule has 0 saturated heterocycles. The van der Waals surface area contributed by atoms with E-state index < -0.39 is 0 Å². The first-order valence-electron chi connectivity index (χ1n) is 18.0. The van der Waals surface area contributed by atoms with Gasteiger partial charge in [-0.1, -0.05) is 115 Å². The molecular weight excluding hydrogens is 665 g/mol. The van der Waals surface area contributed by atoms with Crippen LogP contribution >= 0.6 is 11.3 Å². The average molecular weight is 691 g/mol. The Balaban J connectivity index is 1.23. The van der Waals surface area contributed by atoms with Crippen LogP contribution in [-0.2, 0) is 0 Å². The van der Waals surface area contributed by atoms with Gasteiger partial charge in [0, 0.05) is 58.1 Å². The fourth-order valence-electron chi connectivity index (χ4n) is 9.35. The van der Waals surface area contributed by atoms with Crippen molar-refractivity contribution in [1.29, 1.82) is 0 Å². The number of thiophene rings is 1. The summed E-state index contributed by atoms with van der Waals surface area (Å²) in [6.07, 6.45) is 0. The quantitative estimate of drug-likeness (QED) is 0.169. The zero-order chi connectivity index (χ0) is 34.4. The zero-order valence-corrected chi connectivity index (χ0v) is 29.0. The number of hydrogen-bond acceptors (Lipinski definition) is 3. The number of rotatable bonds is 2. The van der Waals surface area contributed by atoms with Crippen LogP contribution in [-0.4, -0.2) is 18.9 Å². The fraction of sp³-hybridized carbons (Fsp3) is 0. The summed E-state index contributed by atoms with van der Waals surface area (Å²) < 4.78 is 7.47. The van der Waals surface area contributed by atoms with Crippen molar-refractivity contribution in [3.8, 4) is 17.2 Å². The molecule has 13 aromatic rings. The van der Waals surface area contributed by atoms with Crippen LogP contribution < -0.4 is 0 Å². The second kappa shape index (κ2) is 9.94. The minimum Gasteiger partial charge on any atom is -0.308 e. The third-order valence-electron chi connectivity index (χ3n) is 11.4. The maximum atomic E-state index is 5.49. The molecule has 5 aromatic heterocycles. The molecule has 0 bridgehead atoms. The Morgan fingerprint density at radius 1 is 0.396 bits per heavy atom. The summed E-state index contributed by atoms with van der Waals surface area (Å²) >= 11 is 1.88. The highest BCUT2D eigenvalue weighted by atomic mass is 32.1. The molecule has 0 spiro atoms. The third-order valence-corrected chi connectivity index (χ3v) is 12.6. The molecule has 0 radical (unpaired) electrons. The number of para-hydroxylation sites is 1. The van der Waals surface area contributed by atoms with Crippen molar-refractivity contribution in [2.24, 2.45) is 0 Å². The van der Waals surface area contributed by atoms with Gasteiger partial charge in [0.15, 0.2) is 0 Å². The Kier molecular flexibility index (Phi) is 5.22. The van der Waals surface area contributed by atoms with Crippen LogP contribution in [0.4, 0.5) is 0 Å². The van der Waals surface area contributed by atoms with Gasteiger partial charge in [-0.05, 0) is 58.6 Å². The molecule has 0 unspecified atom stereocenters. The van der Waals surface area contributed by atoms with E-state index in [-0.39, 0.29) is 0 Å². The Morgan fingerprint density at radius 2 is 1.08 bits per heavy atom. The molecule has 4 nitrogen and oxygen atoms in total. The topological polar surface area (TPSA) is 35.1 Å². The van der Waals surface area contributed by atoms with Crippen LogP contribution in [0, 0.1) is 0 Å². The number of benzene rings is 8. The lowest BCUT2D eigenvalue weighted by atomic mass is 10.0. The molecule has 244 valence electrons. The molecule has 0 aliphatic carbocycles. The largest absolute Gasteiger partial charge is 0.308 e. The Labute approximate surface area is 305 Å². The summed E-state index contributed by atoms with van der Waals surface area (Å²) in [5.41, 5.74) is 8.79. The van der Waals surface area contributed by atoms with E-state index in [2.05, 4.69) is 167 Å². The fourth-order valence-corrected chi connectivity index (χ4v) is 10.5. The second-order valence-electron chi connectivity index (χ2n) is 14.1. The van der Waals surface area contributed by atoms with Crippen LogP contribution in [0.25, 0.3) is 119 Å². The number of fused-ring (bicyclic) bond motifs is 12. The number of nitrogens with zero attached hydrogens (tertiary/aromatic N) is 4. The molecule has 5 heterocycles. The van der Waals surface area contributed by atoms with Gasteiger partial charge in [0.25, 0.3) is 0 Å². The lowest BCUT2D eigenvalue weighted by Gasteiger charge is -2.13. The van der Waals surface area contributed by atoms with Crippen LogP contribution in [0.15, 0.2) is 158 Å². The molecule has 0 aliphatic heterocycles. The first-order valence-corrected chi connectivity index (χ1v) is 18.8. The molecule has 0 aliphatic rings. The lowest BCUT2D eigenvalue weighted by Crippen LogP contribution is -2.04. The number of aromatic nitrogens is 4. The van der Waals surface area contributed by atoms with Crippen molar-refractivity contribution in [3.05, 3.63) is 158 Å². The minimum absolute atomic E-state index is 0.670. The van der Waals surface area contributed by atoms with E-state index in [1.54, 1.807) is 0 Å². The molecule has 53 heavy (non-hydrogen) atoms. The molecule has 5 heteroatoms. The van der Waals surface area contributed by atoms with Gasteiger partial charge in [-0.3, -0.25) is 4.57 Å². The third kappa shape index (κ3) is 3.50. The van der Waals surface area contributed by atoms with Crippen LogP contribution in [0.1, 0.15) is 0 Å². The van der Waals surface area contributed by atoms with Gasteiger partial charge in [-0.2, -0.15) is 0 Å². The molecule has 0 atom stereocenters. The molecule has 13 rings (SSSR count). The Morgan fingerprint density at radius 3 is 2.00 bits per heavy atom. The van der Waals surface area contributed by atoms with E-state index in [1.165, 1.54) is 74.4 Å². The summed E-state index contributed by atoms with van der Waals surface area (Å²) in [6.45, 7) is 0. The summed E-state index contributed by atoms with van der Waals surface area (Å²) in [4.78, 5) is 10.9. The predicted octanol–water partition coefficient (Wildman–Crippen LogP) is 13.1. The van der Waals surface area contributed by atoms with Crippen molar-refractivity contribution in [3.63, 3.8) is 0 Å². The lowest BCUT2D eigenvalue weighted by molar-refractivity contribution is 1.01. The first-order chi connectivity index (χ1) is 26.3. The summed E-state index contributed by atoms with van der Waals surface area (Å²) in [6, 6.07) is 57.2. The minimum atomic E-state index is 0.670. The predicted molar refractivity (Wildman–Crippen MR) is 224 cm³/mol. The maximum Gasteiger partial charge on any atom is 0.235 e. The van der Waals surface area contributed by atoms with Crippen molar-refractivity contribution in [2.75, 3.05) is 0 Å². The highest BCUT2D eigenvalue weighted by Crippen LogP contribution is 2.47. The standard InChI is InChI=1S/C48H26N4S/c1-2-12-28(13-3-1)46-41-29-14-5-4-11-27(29)23-24-34(41)49-48(50-46)52-35-19-9-16-30-31-17-8-18-33-43-38(25-26-40-44(43)32-15-6-7-22-39(32)53-40)51(47(31)33)36-20-10-21-37(52)45(36)42(30)35/h1-26H. The molecular formula is C48H26N4S. The van der Waals surface area contributed by atoms with Crippen LogP contribution in [0.5, 0.6) is 0 Å². The van der Waals surface area contributed by atoms with Crippen molar-refractivity contribution in [2.45, 2.75) is 0 Å². The smallest absolute Gasteiger partial charge is 0.235 e. The van der Waals surface area contributed by atoms with E-state index in [1.807, 2.05) is 11.3 Å². The SMILES string of the molecule is c1ccc(-c2nc(-n3c4cccc5c6cccc7c8c9c(ccc8n(c8cccc3c8c54)c67)sc3ccccc39)nc3ccc4ccccc4c23)cc1. The second-order valence-corrected chi connectivity index (χ2v) is 15.2. The first kappa shape index (κ1) is 27.8. The van der Waals surface area contributed by atoms with Gasteiger partial charge in [0.1, 0.15) is 0 Å². The van der Waals surface area contributed by atoms with Crippen LogP contribution in [0.3, 0.4) is 0 Å². The summed E-state index contributed by atoms with van der Waals surface area (Å²) in [7, 11) is 0. The van der Waals surface area contributed by atoms with E-state index in [0.717, 1.165) is 38.6 Å². The van der Waals surface area contributed by atoms with Crippen molar-refractivity contribution in [1.82, 2.24) is 18.9 Å². The van der Waals surface area contributed by atoms with E-state index >= 15 is 0 Å². The average Bonchev–Trinajstić information content (AvgIpc) is 3.85. The van der Waals surface area contributed by atoms with Gasteiger partial charge in [-0.25, -0.2) is 9.97 Å². The van der Waals surface area contributed by atoms with Gasteiger partial charge in [0.2, 0.25) is 5.95 Å². The molecule has 0 amide bonds. The van der Waals surface area contributed by atoms with Gasteiger partial charge < -0.3 is 4.40 Å². The monoisotopic (exact) mass is 690 g/mol. The van der Waals surface area contributed by atoms with Crippen molar-refractivity contribution >= 4 is 113 Å². The molecule has 0 saturated carbocycles. The zero-order valence-electron chi connectivity index (χ0n) is 28.2. The van der Waals surface area contributed by atoms with Crippen LogP contribution in [0.2, 0.25) is 0 Å². The highest BCUT2D eigenvalue weighted by Gasteiger charge is 2.25. The van der Waals surface area contributed by atoms with E-state index in [0.29, 0.717) is 5.95 Å². The maximum absolute atomic E-state index is 5.49. The summed E-state index contributed by atoms with van der Waals surface area (Å²) in [5.74, 6) is 0.670. The van der Waals surface area contributed by atoms with Gasteiger partial charge >= 0.3 is 0 Å². The van der Waals surface area contributed by atoms with E-state index in [4.69, 9.17) is 9.97 Å². The molecule has 0 N–H and O–H groups in total. The molecule has 0 fully saturated rings. The Bertz CT molecular complexity index is 3680. The van der Waals surface area contributed by atoms with Gasteiger partial charge in [0.05, 0.1) is 38.8 Å².